The Morgan fingerprint density at radius 3 is 2.74 bits per heavy atom. The third-order valence-corrected chi connectivity index (χ3v) is 4.85. The van der Waals surface area contributed by atoms with Crippen molar-refractivity contribution >= 4 is 5.57 Å². The summed E-state index contributed by atoms with van der Waals surface area (Å²) in [5, 5.41) is 0. The van der Waals surface area contributed by atoms with Gasteiger partial charge in [-0.1, -0.05) is 30.3 Å². The third-order valence-electron chi connectivity index (χ3n) is 4.85. The number of aromatic nitrogens is 1. The van der Waals surface area contributed by atoms with E-state index in [-0.39, 0.29) is 0 Å². The molecule has 0 spiro atoms. The van der Waals surface area contributed by atoms with E-state index in [9.17, 15) is 0 Å². The molecule has 118 valence electrons. The topological polar surface area (TPSA) is 25.4 Å². The molecule has 1 aliphatic carbocycles. The highest BCUT2D eigenvalue weighted by molar-refractivity contribution is 5.81. The number of rotatable bonds is 4. The Morgan fingerprint density at radius 1 is 1.04 bits per heavy atom. The minimum absolute atomic E-state index is 0.876. The first kappa shape index (κ1) is 14.6. The molecular formula is C20H22N2O. The van der Waals surface area contributed by atoms with Gasteiger partial charge >= 0.3 is 0 Å². The highest BCUT2D eigenvalue weighted by Crippen LogP contribution is 2.36. The summed E-state index contributed by atoms with van der Waals surface area (Å²) in [6.07, 6.45) is 8.37. The van der Waals surface area contributed by atoms with E-state index in [0.717, 1.165) is 45.7 Å². The molecule has 0 bridgehead atoms. The van der Waals surface area contributed by atoms with Crippen molar-refractivity contribution in [2.24, 2.45) is 0 Å². The Bertz CT molecular complexity index is 703. The van der Waals surface area contributed by atoms with Gasteiger partial charge < -0.3 is 4.74 Å². The molecule has 0 unspecified atom stereocenters. The number of morpholine rings is 1. The van der Waals surface area contributed by atoms with Crippen molar-refractivity contribution in [1.29, 1.82) is 0 Å². The predicted molar refractivity (Wildman–Crippen MR) is 93.2 cm³/mol. The SMILES string of the molecule is C1=C(CCN2CCOCC2)c2cccc(-c3cccnc3)c2C1. The summed E-state index contributed by atoms with van der Waals surface area (Å²) in [5.41, 5.74) is 6.93. The van der Waals surface area contributed by atoms with Crippen LogP contribution in [0.5, 0.6) is 0 Å². The van der Waals surface area contributed by atoms with E-state index in [1.165, 1.54) is 27.8 Å². The second-order valence-corrected chi connectivity index (χ2v) is 6.21. The van der Waals surface area contributed by atoms with Gasteiger partial charge in [-0.05, 0) is 41.2 Å². The van der Waals surface area contributed by atoms with Crippen LogP contribution in [0.1, 0.15) is 17.5 Å². The van der Waals surface area contributed by atoms with Crippen LogP contribution in [0.15, 0.2) is 48.8 Å². The molecule has 3 nitrogen and oxygen atoms in total. The van der Waals surface area contributed by atoms with Gasteiger partial charge in [-0.15, -0.1) is 0 Å². The first-order valence-corrected chi connectivity index (χ1v) is 8.43. The highest BCUT2D eigenvalue weighted by Gasteiger charge is 2.19. The van der Waals surface area contributed by atoms with Gasteiger partial charge in [0.05, 0.1) is 13.2 Å². The molecule has 1 fully saturated rings. The molecule has 1 aromatic heterocycles. The summed E-state index contributed by atoms with van der Waals surface area (Å²) < 4.78 is 5.43. The summed E-state index contributed by atoms with van der Waals surface area (Å²) >= 11 is 0. The van der Waals surface area contributed by atoms with Gasteiger partial charge in [-0.3, -0.25) is 9.88 Å². The molecule has 2 heterocycles. The number of hydrogen-bond donors (Lipinski definition) is 0. The Morgan fingerprint density at radius 2 is 1.91 bits per heavy atom. The largest absolute Gasteiger partial charge is 0.379 e. The van der Waals surface area contributed by atoms with E-state index in [1.807, 2.05) is 18.5 Å². The molecule has 23 heavy (non-hydrogen) atoms. The second kappa shape index (κ2) is 6.65. The van der Waals surface area contributed by atoms with Crippen LogP contribution in [0.2, 0.25) is 0 Å². The van der Waals surface area contributed by atoms with Crippen LogP contribution < -0.4 is 0 Å². The van der Waals surface area contributed by atoms with E-state index in [4.69, 9.17) is 4.74 Å². The van der Waals surface area contributed by atoms with Crippen molar-refractivity contribution in [3.8, 4) is 11.1 Å². The lowest BCUT2D eigenvalue weighted by Crippen LogP contribution is -2.36. The number of nitrogens with zero attached hydrogens (tertiary/aromatic N) is 2. The van der Waals surface area contributed by atoms with Crippen LogP contribution in [-0.4, -0.2) is 42.7 Å². The first-order chi connectivity index (χ1) is 11.4. The first-order valence-electron chi connectivity index (χ1n) is 8.43. The molecule has 2 aliphatic rings. The fourth-order valence-corrected chi connectivity index (χ4v) is 3.58. The molecular weight excluding hydrogens is 284 g/mol. The molecule has 0 amide bonds. The molecule has 3 heteroatoms. The van der Waals surface area contributed by atoms with Crippen molar-refractivity contribution < 1.29 is 4.74 Å². The van der Waals surface area contributed by atoms with E-state index in [1.54, 1.807) is 0 Å². The summed E-state index contributed by atoms with van der Waals surface area (Å²) in [6, 6.07) is 10.8. The quantitative estimate of drug-likeness (QED) is 0.865. The number of ether oxygens (including phenoxy) is 1. The number of allylic oxidation sites excluding steroid dienone is 1. The zero-order valence-electron chi connectivity index (χ0n) is 13.4. The van der Waals surface area contributed by atoms with Gasteiger partial charge in [0.25, 0.3) is 0 Å². The average Bonchev–Trinajstić information content (AvgIpc) is 3.05. The fourth-order valence-electron chi connectivity index (χ4n) is 3.58. The maximum atomic E-state index is 5.43. The molecule has 0 atom stereocenters. The molecule has 1 saturated heterocycles. The summed E-state index contributed by atoms with van der Waals surface area (Å²) in [7, 11) is 0. The van der Waals surface area contributed by atoms with E-state index in [0.29, 0.717) is 0 Å². The number of benzene rings is 1. The van der Waals surface area contributed by atoms with Crippen molar-refractivity contribution in [2.45, 2.75) is 12.8 Å². The highest BCUT2D eigenvalue weighted by atomic mass is 16.5. The Balaban J connectivity index is 1.52. The lowest BCUT2D eigenvalue weighted by Gasteiger charge is -2.26. The zero-order chi connectivity index (χ0) is 15.5. The lowest BCUT2D eigenvalue weighted by atomic mass is 9.95. The molecule has 1 aliphatic heterocycles. The molecule has 0 radical (unpaired) electrons. The van der Waals surface area contributed by atoms with Crippen molar-refractivity contribution in [3.05, 3.63) is 59.9 Å². The van der Waals surface area contributed by atoms with Gasteiger partial charge in [-0.2, -0.15) is 0 Å². The maximum Gasteiger partial charge on any atom is 0.0594 e. The summed E-state index contributed by atoms with van der Waals surface area (Å²) in [6.45, 7) is 5.01. The van der Waals surface area contributed by atoms with Crippen LogP contribution in [0.3, 0.4) is 0 Å². The minimum atomic E-state index is 0.876. The van der Waals surface area contributed by atoms with Gasteiger partial charge in [0.15, 0.2) is 0 Å². The van der Waals surface area contributed by atoms with Crippen molar-refractivity contribution in [1.82, 2.24) is 9.88 Å². The summed E-state index contributed by atoms with van der Waals surface area (Å²) in [4.78, 5) is 6.77. The Labute approximate surface area is 137 Å². The normalized spacial score (nSPS) is 17.8. The van der Waals surface area contributed by atoms with Crippen LogP contribution in [-0.2, 0) is 11.2 Å². The predicted octanol–water partition coefficient (Wildman–Crippen LogP) is 3.41. The fraction of sp³-hybridized carbons (Fsp3) is 0.350. The van der Waals surface area contributed by atoms with Crippen LogP contribution in [0, 0.1) is 0 Å². The average molecular weight is 306 g/mol. The molecule has 4 rings (SSSR count). The van der Waals surface area contributed by atoms with Gasteiger partial charge in [0.1, 0.15) is 0 Å². The van der Waals surface area contributed by atoms with Gasteiger partial charge in [0, 0.05) is 37.6 Å². The lowest BCUT2D eigenvalue weighted by molar-refractivity contribution is 0.0390. The molecule has 0 N–H and O–H groups in total. The van der Waals surface area contributed by atoms with Gasteiger partial charge in [-0.25, -0.2) is 0 Å². The van der Waals surface area contributed by atoms with E-state index in [2.05, 4.69) is 40.2 Å². The van der Waals surface area contributed by atoms with E-state index >= 15 is 0 Å². The van der Waals surface area contributed by atoms with Gasteiger partial charge in [0.2, 0.25) is 0 Å². The number of fused-ring (bicyclic) bond motifs is 1. The Kier molecular flexibility index (Phi) is 4.22. The smallest absolute Gasteiger partial charge is 0.0594 e. The zero-order valence-corrected chi connectivity index (χ0v) is 13.4. The molecule has 2 aromatic rings. The molecule has 0 saturated carbocycles. The number of pyridine rings is 1. The third kappa shape index (κ3) is 3.07. The second-order valence-electron chi connectivity index (χ2n) is 6.21. The van der Waals surface area contributed by atoms with Crippen LogP contribution >= 0.6 is 0 Å². The maximum absolute atomic E-state index is 5.43. The van der Waals surface area contributed by atoms with Crippen LogP contribution in [0.25, 0.3) is 16.7 Å². The number of hydrogen-bond acceptors (Lipinski definition) is 3. The van der Waals surface area contributed by atoms with Crippen molar-refractivity contribution in [2.75, 3.05) is 32.8 Å². The van der Waals surface area contributed by atoms with Crippen LogP contribution in [0.4, 0.5) is 0 Å². The van der Waals surface area contributed by atoms with E-state index < -0.39 is 0 Å². The van der Waals surface area contributed by atoms with Crippen molar-refractivity contribution in [3.63, 3.8) is 0 Å². The summed E-state index contributed by atoms with van der Waals surface area (Å²) in [5.74, 6) is 0. The minimum Gasteiger partial charge on any atom is -0.379 e. The Hall–Kier alpha value is -1.97. The monoisotopic (exact) mass is 306 g/mol. The standard InChI is InChI=1S/C20H22N2O/c1-4-18-16(8-10-22-11-13-23-14-12-22)6-7-20(18)19(5-1)17-3-2-9-21-15-17/h1-6,9,15H,7-8,10-14H2. The molecule has 1 aromatic carbocycles.